The Morgan fingerprint density at radius 2 is 2.35 bits per heavy atom. The van der Waals surface area contributed by atoms with Crippen molar-refractivity contribution in [3.05, 3.63) is 0 Å². The lowest BCUT2D eigenvalue weighted by atomic mass is 10.2. The van der Waals surface area contributed by atoms with Crippen LogP contribution in [0.15, 0.2) is 0 Å². The van der Waals surface area contributed by atoms with Gasteiger partial charge in [-0.15, -0.1) is 0 Å². The molecule has 2 heterocycles. The Morgan fingerprint density at radius 1 is 1.65 bits per heavy atom. The van der Waals surface area contributed by atoms with Crippen molar-refractivity contribution < 1.29 is 19.7 Å². The third-order valence-corrected chi connectivity index (χ3v) is 2.96. The molecular formula is C9H16N4O4. The molecule has 4 N–H and O–H groups in total. The molecule has 0 aromatic carbocycles. The molecule has 0 aromatic heterocycles. The van der Waals surface area contributed by atoms with Crippen molar-refractivity contribution in [3.8, 4) is 0 Å². The molecule has 0 bridgehead atoms. The Hall–Kier alpha value is -1.38. The van der Waals surface area contributed by atoms with Gasteiger partial charge < -0.3 is 19.8 Å². The van der Waals surface area contributed by atoms with Gasteiger partial charge >= 0.3 is 6.03 Å². The van der Waals surface area contributed by atoms with Gasteiger partial charge in [-0.05, 0) is 0 Å². The summed E-state index contributed by atoms with van der Waals surface area (Å²) in [5.74, 6) is 0.0310. The van der Waals surface area contributed by atoms with E-state index < -0.39 is 24.5 Å². The van der Waals surface area contributed by atoms with Crippen LogP contribution in [0.1, 0.15) is 6.42 Å². The monoisotopic (exact) mass is 244 g/mol. The second-order valence-corrected chi connectivity index (χ2v) is 4.20. The molecule has 2 amide bonds. The molecule has 0 saturated carbocycles. The summed E-state index contributed by atoms with van der Waals surface area (Å²) in [6, 6.07) is -0.427. The predicted octanol–water partition coefficient (Wildman–Crippen LogP) is -1.70. The zero-order chi connectivity index (χ0) is 12.6. The van der Waals surface area contributed by atoms with Crippen LogP contribution in [0.4, 0.5) is 4.79 Å². The Labute approximate surface area is 98.3 Å². The first kappa shape index (κ1) is 12.1. The molecule has 8 heteroatoms. The van der Waals surface area contributed by atoms with Crippen molar-refractivity contribution in [2.75, 3.05) is 20.3 Å². The molecule has 2 fully saturated rings. The van der Waals surface area contributed by atoms with Crippen molar-refractivity contribution in [3.63, 3.8) is 0 Å². The third kappa shape index (κ3) is 2.19. The summed E-state index contributed by atoms with van der Waals surface area (Å²) in [6.45, 7) is -0.0566. The number of carbonyl (C=O) groups is 1. The van der Waals surface area contributed by atoms with Gasteiger partial charge in [0, 0.05) is 13.5 Å². The molecule has 0 unspecified atom stereocenters. The van der Waals surface area contributed by atoms with Gasteiger partial charge in [0.15, 0.2) is 5.96 Å². The highest BCUT2D eigenvalue weighted by atomic mass is 16.5. The van der Waals surface area contributed by atoms with Crippen LogP contribution < -0.4 is 5.32 Å². The van der Waals surface area contributed by atoms with Crippen LogP contribution in [0, 0.1) is 5.41 Å². The number of aliphatic hydroxyl groups is 2. The molecule has 0 aromatic rings. The summed E-state index contributed by atoms with van der Waals surface area (Å²) < 4.78 is 5.38. The molecule has 96 valence electrons. The maximum Gasteiger partial charge on any atom is 0.327 e. The van der Waals surface area contributed by atoms with Crippen LogP contribution in [-0.2, 0) is 4.74 Å². The first-order chi connectivity index (χ1) is 8.02. The molecule has 2 aliphatic rings. The van der Waals surface area contributed by atoms with E-state index in [2.05, 4.69) is 5.32 Å². The highest BCUT2D eigenvalue weighted by molar-refractivity contribution is 5.96. The molecule has 2 aliphatic heterocycles. The second-order valence-electron chi connectivity index (χ2n) is 4.20. The van der Waals surface area contributed by atoms with Crippen LogP contribution >= 0.6 is 0 Å². The van der Waals surface area contributed by atoms with E-state index >= 15 is 0 Å². The summed E-state index contributed by atoms with van der Waals surface area (Å²) in [6.07, 6.45) is -1.73. The van der Waals surface area contributed by atoms with Gasteiger partial charge in [-0.2, -0.15) is 0 Å². The highest BCUT2D eigenvalue weighted by Crippen LogP contribution is 2.24. The number of carbonyl (C=O) groups excluding carboxylic acids is 1. The number of ether oxygens (including phenoxy) is 1. The number of hydrogen-bond donors (Lipinski definition) is 4. The highest BCUT2D eigenvalue weighted by Gasteiger charge is 2.40. The minimum absolute atomic E-state index is 0.0310. The molecule has 0 radical (unpaired) electrons. The van der Waals surface area contributed by atoms with E-state index in [0.29, 0.717) is 0 Å². The molecule has 2 rings (SSSR count). The van der Waals surface area contributed by atoms with E-state index in [1.54, 1.807) is 11.9 Å². The lowest BCUT2D eigenvalue weighted by molar-refractivity contribution is -0.0719. The Bertz CT molecular complexity index is 337. The maximum atomic E-state index is 11.7. The van der Waals surface area contributed by atoms with Gasteiger partial charge in [0.25, 0.3) is 0 Å². The van der Waals surface area contributed by atoms with Crippen LogP contribution in [0.5, 0.6) is 0 Å². The number of rotatable bonds is 2. The van der Waals surface area contributed by atoms with Crippen LogP contribution in [-0.4, -0.2) is 70.8 Å². The second kappa shape index (κ2) is 4.47. The molecule has 0 spiro atoms. The Balaban J connectivity index is 2.03. The van der Waals surface area contributed by atoms with E-state index in [0.717, 1.165) is 0 Å². The average molecular weight is 244 g/mol. The third-order valence-electron chi connectivity index (χ3n) is 2.96. The van der Waals surface area contributed by atoms with Crippen molar-refractivity contribution in [1.29, 1.82) is 5.41 Å². The topological polar surface area (TPSA) is 109 Å². The van der Waals surface area contributed by atoms with Crippen molar-refractivity contribution in [1.82, 2.24) is 15.1 Å². The Kier molecular flexibility index (Phi) is 3.18. The number of amides is 2. The predicted molar refractivity (Wildman–Crippen MR) is 57.1 cm³/mol. The molecule has 2 saturated heterocycles. The number of nitrogens with one attached hydrogen (secondary N) is 2. The zero-order valence-corrected chi connectivity index (χ0v) is 9.46. The van der Waals surface area contributed by atoms with Crippen molar-refractivity contribution in [2.45, 2.75) is 24.9 Å². The van der Waals surface area contributed by atoms with Gasteiger partial charge in [0.2, 0.25) is 0 Å². The van der Waals surface area contributed by atoms with Gasteiger partial charge in [0.05, 0.1) is 19.4 Å². The lowest BCUT2D eigenvalue weighted by Crippen LogP contribution is -2.60. The molecule has 17 heavy (non-hydrogen) atoms. The Morgan fingerprint density at radius 3 is 2.94 bits per heavy atom. The maximum absolute atomic E-state index is 11.7. The number of nitrogens with zero attached hydrogens (tertiary/aromatic N) is 2. The van der Waals surface area contributed by atoms with Gasteiger partial charge in [-0.1, -0.05) is 0 Å². The number of guanidine groups is 1. The van der Waals surface area contributed by atoms with Crippen molar-refractivity contribution >= 4 is 12.0 Å². The normalized spacial score (nSPS) is 34.2. The van der Waals surface area contributed by atoms with Crippen molar-refractivity contribution in [2.24, 2.45) is 0 Å². The minimum Gasteiger partial charge on any atom is -0.394 e. The summed E-state index contributed by atoms with van der Waals surface area (Å²) in [4.78, 5) is 14.6. The number of hydrogen-bond acceptors (Lipinski definition) is 5. The molecule has 8 nitrogen and oxygen atoms in total. The number of aliphatic hydroxyl groups excluding tert-OH is 2. The molecule has 3 atom stereocenters. The van der Waals surface area contributed by atoms with E-state index in [9.17, 15) is 9.90 Å². The summed E-state index contributed by atoms with van der Waals surface area (Å²) in [5.41, 5.74) is 0. The zero-order valence-electron chi connectivity index (χ0n) is 9.46. The van der Waals surface area contributed by atoms with E-state index in [1.165, 1.54) is 4.90 Å². The fourth-order valence-electron chi connectivity index (χ4n) is 1.93. The minimum atomic E-state index is -0.774. The molecular weight excluding hydrogens is 228 g/mol. The fourth-order valence-corrected chi connectivity index (χ4v) is 1.93. The summed E-state index contributed by atoms with van der Waals surface area (Å²) in [5, 5.41) is 28.4. The summed E-state index contributed by atoms with van der Waals surface area (Å²) >= 11 is 0. The summed E-state index contributed by atoms with van der Waals surface area (Å²) in [7, 11) is 1.67. The molecule has 0 aliphatic carbocycles. The standard InChI is InChI=1S/C9H16N4O4/c1-12-4-13(9(16)11-8(12)10)7-2-5(15)6(3-14)17-7/h5-7,14-15H,2-4H2,1H3,(H2,10,11,16)/t5-,6+,7+/m0/s1. The fraction of sp³-hybridized carbons (Fsp3) is 0.778. The number of urea groups is 1. The van der Waals surface area contributed by atoms with E-state index in [-0.39, 0.29) is 25.7 Å². The lowest BCUT2D eigenvalue weighted by Gasteiger charge is -2.37. The SMILES string of the molecule is CN1CN([C@H]2C[C@H](O)[C@@H](CO)O2)C(=O)NC1=N. The van der Waals surface area contributed by atoms with Gasteiger partial charge in [-0.3, -0.25) is 15.6 Å². The first-order valence-corrected chi connectivity index (χ1v) is 5.34. The van der Waals surface area contributed by atoms with E-state index in [4.69, 9.17) is 15.3 Å². The van der Waals surface area contributed by atoms with Crippen LogP contribution in [0.2, 0.25) is 0 Å². The largest absolute Gasteiger partial charge is 0.394 e. The van der Waals surface area contributed by atoms with Crippen LogP contribution in [0.25, 0.3) is 0 Å². The first-order valence-electron chi connectivity index (χ1n) is 5.34. The smallest absolute Gasteiger partial charge is 0.327 e. The van der Waals surface area contributed by atoms with E-state index in [1.807, 2.05) is 0 Å². The van der Waals surface area contributed by atoms with Gasteiger partial charge in [-0.25, -0.2) is 4.79 Å². The van der Waals surface area contributed by atoms with Gasteiger partial charge in [0.1, 0.15) is 12.3 Å². The quantitative estimate of drug-likeness (QED) is 0.463. The van der Waals surface area contributed by atoms with Crippen LogP contribution in [0.3, 0.4) is 0 Å². The average Bonchev–Trinajstić information content (AvgIpc) is 2.65.